The van der Waals surface area contributed by atoms with Crippen molar-refractivity contribution in [3.05, 3.63) is 71.8 Å². The van der Waals surface area contributed by atoms with E-state index in [1.807, 2.05) is 65.6 Å². The van der Waals surface area contributed by atoms with Crippen molar-refractivity contribution in [1.82, 2.24) is 15.1 Å². The summed E-state index contributed by atoms with van der Waals surface area (Å²) in [6.45, 7) is 2.19. The van der Waals surface area contributed by atoms with Crippen molar-refractivity contribution in [3.8, 4) is 0 Å². The zero-order valence-electron chi connectivity index (χ0n) is 17.6. The highest BCUT2D eigenvalue weighted by Gasteiger charge is 2.52. The van der Waals surface area contributed by atoms with Crippen molar-refractivity contribution >= 4 is 17.8 Å². The Morgan fingerprint density at radius 2 is 1.58 bits per heavy atom. The van der Waals surface area contributed by atoms with E-state index in [0.717, 1.165) is 24.0 Å². The molecule has 31 heavy (non-hydrogen) atoms. The van der Waals surface area contributed by atoms with Crippen LogP contribution in [-0.4, -0.2) is 53.8 Å². The summed E-state index contributed by atoms with van der Waals surface area (Å²) >= 11 is 0. The highest BCUT2D eigenvalue weighted by molar-refractivity contribution is 6.10. The summed E-state index contributed by atoms with van der Waals surface area (Å²) in [4.78, 5) is 29.3. The zero-order valence-corrected chi connectivity index (χ0v) is 17.6. The van der Waals surface area contributed by atoms with E-state index >= 15 is 0 Å². The van der Waals surface area contributed by atoms with Gasteiger partial charge in [0, 0.05) is 32.6 Å². The molecule has 0 spiro atoms. The van der Waals surface area contributed by atoms with Gasteiger partial charge >= 0.3 is 0 Å². The number of hydrogen-bond acceptors (Lipinski definition) is 4. The van der Waals surface area contributed by atoms with E-state index in [9.17, 15) is 9.59 Å². The number of nitrogens with one attached hydrogen (secondary N) is 2. The van der Waals surface area contributed by atoms with Crippen LogP contribution in [0.3, 0.4) is 0 Å². The Labute approximate surface area is 182 Å². The first-order chi connectivity index (χ1) is 15.1. The Bertz CT molecular complexity index is 899. The summed E-state index contributed by atoms with van der Waals surface area (Å²) in [5, 5.41) is 11.8. The molecule has 0 saturated carbocycles. The third-order valence-electron chi connectivity index (χ3n) is 6.32. The van der Waals surface area contributed by atoms with E-state index in [4.69, 9.17) is 11.1 Å². The fourth-order valence-corrected chi connectivity index (χ4v) is 4.62. The van der Waals surface area contributed by atoms with Gasteiger partial charge in [-0.25, -0.2) is 0 Å². The summed E-state index contributed by atoms with van der Waals surface area (Å²) in [6.07, 6.45) is 2.01. The molecule has 0 aliphatic carbocycles. The Hall–Kier alpha value is -3.19. The lowest BCUT2D eigenvalue weighted by Crippen LogP contribution is -2.46. The highest BCUT2D eigenvalue weighted by atomic mass is 16.2. The monoisotopic (exact) mass is 419 g/mol. The molecule has 0 radical (unpaired) electrons. The lowest BCUT2D eigenvalue weighted by Gasteiger charge is -2.34. The SMILES string of the molecule is N=C1NC(c2ccccc2)(c2ccccc2)C(=O)N1CC1CCN(C(=O)CCN)CC1. The first kappa shape index (κ1) is 21.1. The zero-order chi connectivity index (χ0) is 21.8. The van der Waals surface area contributed by atoms with Crippen molar-refractivity contribution in [2.45, 2.75) is 24.8 Å². The molecule has 4 N–H and O–H groups in total. The van der Waals surface area contributed by atoms with Crippen LogP contribution in [0.4, 0.5) is 0 Å². The normalized spacial score (nSPS) is 18.9. The number of rotatable bonds is 6. The average molecular weight is 420 g/mol. The van der Waals surface area contributed by atoms with Gasteiger partial charge in [-0.15, -0.1) is 0 Å². The van der Waals surface area contributed by atoms with E-state index < -0.39 is 5.54 Å². The average Bonchev–Trinajstić information content (AvgIpc) is 3.06. The maximum atomic E-state index is 13.8. The van der Waals surface area contributed by atoms with Crippen molar-refractivity contribution in [2.75, 3.05) is 26.2 Å². The molecule has 7 heteroatoms. The summed E-state index contributed by atoms with van der Waals surface area (Å²) in [6, 6.07) is 19.2. The molecule has 2 aromatic rings. The number of piperidine rings is 1. The van der Waals surface area contributed by atoms with Crippen molar-refractivity contribution in [2.24, 2.45) is 11.7 Å². The molecule has 2 fully saturated rings. The summed E-state index contributed by atoms with van der Waals surface area (Å²) in [7, 11) is 0. The molecule has 0 bridgehead atoms. The van der Waals surface area contributed by atoms with Crippen LogP contribution in [0.25, 0.3) is 0 Å². The number of carbonyl (C=O) groups excluding carboxylic acids is 2. The number of benzene rings is 2. The van der Waals surface area contributed by atoms with Gasteiger partial charge in [-0.3, -0.25) is 19.9 Å². The van der Waals surface area contributed by atoms with Crippen LogP contribution in [0.2, 0.25) is 0 Å². The van der Waals surface area contributed by atoms with Crippen molar-refractivity contribution in [3.63, 3.8) is 0 Å². The standard InChI is InChI=1S/C24H29N5O2/c25-14-11-21(30)28-15-12-18(13-16-28)17-29-22(31)24(27-23(29)26,19-7-3-1-4-8-19)20-9-5-2-6-10-20/h1-10,18H,11-17,25H2,(H2,26,27). The second kappa shape index (κ2) is 8.89. The van der Waals surface area contributed by atoms with Crippen LogP contribution in [0.5, 0.6) is 0 Å². The number of carbonyl (C=O) groups is 2. The second-order valence-electron chi connectivity index (χ2n) is 8.23. The molecule has 2 aliphatic heterocycles. The minimum atomic E-state index is -1.10. The van der Waals surface area contributed by atoms with Crippen LogP contribution in [0, 0.1) is 11.3 Å². The van der Waals surface area contributed by atoms with E-state index in [2.05, 4.69) is 5.32 Å². The van der Waals surface area contributed by atoms with Crippen LogP contribution in [0.15, 0.2) is 60.7 Å². The van der Waals surface area contributed by atoms with E-state index in [0.29, 0.717) is 32.6 Å². The second-order valence-corrected chi connectivity index (χ2v) is 8.23. The molecular weight excluding hydrogens is 390 g/mol. The fraction of sp³-hybridized carbons (Fsp3) is 0.375. The molecule has 0 aromatic heterocycles. The van der Waals surface area contributed by atoms with E-state index in [1.54, 1.807) is 4.90 Å². The first-order valence-electron chi connectivity index (χ1n) is 10.8. The summed E-state index contributed by atoms with van der Waals surface area (Å²) in [5.41, 5.74) is 6.04. The third kappa shape index (κ3) is 3.93. The van der Waals surface area contributed by atoms with Crippen LogP contribution >= 0.6 is 0 Å². The van der Waals surface area contributed by atoms with Crippen LogP contribution < -0.4 is 11.1 Å². The molecule has 2 heterocycles. The maximum absolute atomic E-state index is 13.8. The van der Waals surface area contributed by atoms with Crippen LogP contribution in [-0.2, 0) is 15.1 Å². The van der Waals surface area contributed by atoms with Crippen molar-refractivity contribution < 1.29 is 9.59 Å². The number of nitrogens with zero attached hydrogens (tertiary/aromatic N) is 2. The Kier molecular flexibility index (Phi) is 6.04. The first-order valence-corrected chi connectivity index (χ1v) is 10.8. The Balaban J connectivity index is 1.54. The molecule has 162 valence electrons. The van der Waals surface area contributed by atoms with Gasteiger partial charge in [0.05, 0.1) is 0 Å². The van der Waals surface area contributed by atoms with Gasteiger partial charge in [0.15, 0.2) is 11.5 Å². The van der Waals surface area contributed by atoms with E-state index in [-0.39, 0.29) is 23.7 Å². The quantitative estimate of drug-likeness (QED) is 0.665. The van der Waals surface area contributed by atoms with Gasteiger partial charge in [0.2, 0.25) is 5.91 Å². The van der Waals surface area contributed by atoms with Gasteiger partial charge in [-0.2, -0.15) is 0 Å². The van der Waals surface area contributed by atoms with Gasteiger partial charge in [-0.1, -0.05) is 60.7 Å². The lowest BCUT2D eigenvalue weighted by molar-refractivity contribution is -0.134. The fourth-order valence-electron chi connectivity index (χ4n) is 4.62. The van der Waals surface area contributed by atoms with E-state index in [1.165, 1.54) is 0 Å². The Morgan fingerprint density at radius 1 is 1.03 bits per heavy atom. The predicted octanol–water partition coefficient (Wildman–Crippen LogP) is 1.88. The lowest BCUT2D eigenvalue weighted by atomic mass is 9.82. The Morgan fingerprint density at radius 3 is 2.10 bits per heavy atom. The molecule has 7 nitrogen and oxygen atoms in total. The largest absolute Gasteiger partial charge is 0.343 e. The van der Waals surface area contributed by atoms with Crippen molar-refractivity contribution in [1.29, 1.82) is 5.41 Å². The number of amides is 2. The van der Waals surface area contributed by atoms with Gasteiger partial charge in [0.25, 0.3) is 5.91 Å². The van der Waals surface area contributed by atoms with Crippen LogP contribution in [0.1, 0.15) is 30.4 Å². The molecule has 2 saturated heterocycles. The van der Waals surface area contributed by atoms with Gasteiger partial charge in [-0.05, 0) is 29.9 Å². The van der Waals surface area contributed by atoms with Gasteiger partial charge in [0.1, 0.15) is 0 Å². The molecular formula is C24H29N5O2. The predicted molar refractivity (Wildman–Crippen MR) is 119 cm³/mol. The third-order valence-corrected chi connectivity index (χ3v) is 6.32. The minimum absolute atomic E-state index is 0.0970. The molecule has 0 atom stereocenters. The molecule has 2 aromatic carbocycles. The van der Waals surface area contributed by atoms with Gasteiger partial charge < -0.3 is 16.0 Å². The smallest absolute Gasteiger partial charge is 0.264 e. The summed E-state index contributed by atoms with van der Waals surface area (Å²) < 4.78 is 0. The highest BCUT2D eigenvalue weighted by Crippen LogP contribution is 2.36. The summed E-state index contributed by atoms with van der Waals surface area (Å²) in [5.74, 6) is 0.339. The molecule has 0 unspecified atom stereocenters. The molecule has 2 amide bonds. The molecule has 4 rings (SSSR count). The molecule has 2 aliphatic rings. The number of guanidine groups is 1. The topological polar surface area (TPSA) is 103 Å². The number of hydrogen-bond donors (Lipinski definition) is 3. The minimum Gasteiger partial charge on any atom is -0.343 e. The number of nitrogens with two attached hydrogens (primary N) is 1. The maximum Gasteiger partial charge on any atom is 0.264 e. The number of likely N-dealkylation sites (tertiary alicyclic amines) is 1.